The highest BCUT2D eigenvalue weighted by atomic mass is 15.2. The SMILES string of the molecule is C(#CN1CCCC1)CN1CCC2=C(CN(Cc3ccccc3)C=N2)C1. The summed E-state index contributed by atoms with van der Waals surface area (Å²) in [6.45, 7) is 7.16. The van der Waals surface area contributed by atoms with E-state index in [1.54, 1.807) is 0 Å². The average molecular weight is 334 g/mol. The Labute approximate surface area is 150 Å². The van der Waals surface area contributed by atoms with Crippen LogP contribution in [0.15, 0.2) is 46.6 Å². The quantitative estimate of drug-likeness (QED) is 0.793. The molecule has 1 saturated heterocycles. The van der Waals surface area contributed by atoms with Gasteiger partial charge in [-0.2, -0.15) is 0 Å². The van der Waals surface area contributed by atoms with Crippen LogP contribution in [0, 0.1) is 12.0 Å². The van der Waals surface area contributed by atoms with Crippen LogP contribution >= 0.6 is 0 Å². The molecule has 0 saturated carbocycles. The van der Waals surface area contributed by atoms with Crippen LogP contribution in [0.25, 0.3) is 0 Å². The highest BCUT2D eigenvalue weighted by Gasteiger charge is 2.22. The van der Waals surface area contributed by atoms with E-state index in [9.17, 15) is 0 Å². The molecule has 0 amide bonds. The Balaban J connectivity index is 1.32. The second-order valence-electron chi connectivity index (χ2n) is 7.13. The zero-order valence-corrected chi connectivity index (χ0v) is 14.8. The van der Waals surface area contributed by atoms with E-state index in [-0.39, 0.29) is 0 Å². The molecule has 4 heteroatoms. The predicted octanol–water partition coefficient (Wildman–Crippen LogP) is 2.55. The summed E-state index contributed by atoms with van der Waals surface area (Å²) in [6.07, 6.45) is 5.67. The molecular weight excluding hydrogens is 308 g/mol. The van der Waals surface area contributed by atoms with Crippen molar-refractivity contribution in [2.24, 2.45) is 4.99 Å². The topological polar surface area (TPSA) is 22.1 Å². The molecule has 0 aromatic heterocycles. The number of rotatable bonds is 3. The van der Waals surface area contributed by atoms with E-state index in [2.05, 4.69) is 57.0 Å². The van der Waals surface area contributed by atoms with Gasteiger partial charge in [-0.3, -0.25) is 4.90 Å². The fourth-order valence-electron chi connectivity index (χ4n) is 3.75. The molecule has 130 valence electrons. The molecule has 3 heterocycles. The van der Waals surface area contributed by atoms with Crippen molar-refractivity contribution < 1.29 is 0 Å². The molecule has 25 heavy (non-hydrogen) atoms. The number of hydrogen-bond donors (Lipinski definition) is 0. The van der Waals surface area contributed by atoms with Gasteiger partial charge in [0.05, 0.1) is 12.9 Å². The summed E-state index contributed by atoms with van der Waals surface area (Å²) >= 11 is 0. The Morgan fingerprint density at radius 1 is 1.00 bits per heavy atom. The van der Waals surface area contributed by atoms with Crippen LogP contribution < -0.4 is 0 Å². The zero-order chi connectivity index (χ0) is 16.9. The van der Waals surface area contributed by atoms with Crippen LogP contribution in [-0.4, -0.2) is 60.3 Å². The molecule has 4 nitrogen and oxygen atoms in total. The fourth-order valence-corrected chi connectivity index (χ4v) is 3.75. The summed E-state index contributed by atoms with van der Waals surface area (Å²) in [5.41, 5.74) is 4.10. The van der Waals surface area contributed by atoms with Gasteiger partial charge in [-0.05, 0) is 24.0 Å². The second-order valence-corrected chi connectivity index (χ2v) is 7.13. The highest BCUT2D eigenvalue weighted by molar-refractivity contribution is 5.60. The third-order valence-corrected chi connectivity index (χ3v) is 5.13. The van der Waals surface area contributed by atoms with E-state index in [0.717, 1.165) is 52.2 Å². The molecular formula is C21H26N4. The third kappa shape index (κ3) is 4.24. The summed E-state index contributed by atoms with van der Waals surface area (Å²) in [4.78, 5) is 11.8. The van der Waals surface area contributed by atoms with E-state index in [1.165, 1.54) is 29.7 Å². The first-order valence-corrected chi connectivity index (χ1v) is 9.36. The molecule has 1 aromatic rings. The Morgan fingerprint density at radius 2 is 1.84 bits per heavy atom. The van der Waals surface area contributed by atoms with E-state index < -0.39 is 0 Å². The van der Waals surface area contributed by atoms with Crippen molar-refractivity contribution in [3.05, 3.63) is 47.2 Å². The monoisotopic (exact) mass is 334 g/mol. The summed E-state index contributed by atoms with van der Waals surface area (Å²) in [5.74, 6) is 3.37. The first-order valence-electron chi connectivity index (χ1n) is 9.36. The largest absolute Gasteiger partial charge is 0.354 e. The minimum absolute atomic E-state index is 0.871. The normalized spacial score (nSPS) is 20.5. The van der Waals surface area contributed by atoms with Gasteiger partial charge in [-0.1, -0.05) is 36.3 Å². The number of aliphatic imine (C=N–C) groups is 1. The van der Waals surface area contributed by atoms with Crippen LogP contribution in [-0.2, 0) is 6.54 Å². The third-order valence-electron chi connectivity index (χ3n) is 5.13. The molecule has 1 fully saturated rings. The van der Waals surface area contributed by atoms with Gasteiger partial charge in [-0.25, -0.2) is 4.99 Å². The lowest BCUT2D eigenvalue weighted by Crippen LogP contribution is -2.38. The van der Waals surface area contributed by atoms with Crippen molar-refractivity contribution in [3.8, 4) is 12.0 Å². The van der Waals surface area contributed by atoms with E-state index >= 15 is 0 Å². The summed E-state index contributed by atoms with van der Waals surface area (Å²) in [6, 6.07) is 14.0. The van der Waals surface area contributed by atoms with Crippen molar-refractivity contribution in [3.63, 3.8) is 0 Å². The maximum absolute atomic E-state index is 4.72. The average Bonchev–Trinajstić information content (AvgIpc) is 3.16. The molecule has 0 unspecified atom stereocenters. The van der Waals surface area contributed by atoms with Gasteiger partial charge >= 0.3 is 0 Å². The first kappa shape index (κ1) is 16.2. The molecule has 0 atom stereocenters. The molecule has 0 bridgehead atoms. The Hall–Kier alpha value is -2.25. The zero-order valence-electron chi connectivity index (χ0n) is 14.8. The van der Waals surface area contributed by atoms with Crippen molar-refractivity contribution in [2.45, 2.75) is 25.8 Å². The van der Waals surface area contributed by atoms with Crippen LogP contribution in [0.4, 0.5) is 0 Å². The van der Waals surface area contributed by atoms with Gasteiger partial charge in [0, 0.05) is 57.4 Å². The van der Waals surface area contributed by atoms with E-state index in [1.807, 2.05) is 6.34 Å². The van der Waals surface area contributed by atoms with Crippen molar-refractivity contribution >= 4 is 6.34 Å². The highest BCUT2D eigenvalue weighted by Crippen LogP contribution is 2.23. The van der Waals surface area contributed by atoms with Gasteiger partial charge in [0.15, 0.2) is 0 Å². The molecule has 3 aliphatic heterocycles. The van der Waals surface area contributed by atoms with E-state index in [4.69, 9.17) is 4.99 Å². The maximum Gasteiger partial charge on any atom is 0.0914 e. The number of hydrogen-bond acceptors (Lipinski definition) is 4. The lowest BCUT2D eigenvalue weighted by atomic mass is 10.0. The first-order chi connectivity index (χ1) is 12.4. The van der Waals surface area contributed by atoms with Crippen LogP contribution in [0.3, 0.4) is 0 Å². The Bertz CT molecular complexity index is 704. The maximum atomic E-state index is 4.72. The van der Waals surface area contributed by atoms with Crippen molar-refractivity contribution in [1.29, 1.82) is 0 Å². The van der Waals surface area contributed by atoms with Crippen LogP contribution in [0.5, 0.6) is 0 Å². The fraction of sp³-hybridized carbons (Fsp3) is 0.476. The number of benzene rings is 1. The molecule has 0 aliphatic carbocycles. The molecule has 0 N–H and O–H groups in total. The lowest BCUT2D eigenvalue weighted by Gasteiger charge is -2.33. The number of nitrogens with zero attached hydrogens (tertiary/aromatic N) is 4. The summed E-state index contributed by atoms with van der Waals surface area (Å²) < 4.78 is 0. The molecule has 4 rings (SSSR count). The number of likely N-dealkylation sites (tertiary alicyclic amines) is 1. The second kappa shape index (κ2) is 7.76. The molecule has 3 aliphatic rings. The van der Waals surface area contributed by atoms with Crippen molar-refractivity contribution in [1.82, 2.24) is 14.7 Å². The Morgan fingerprint density at radius 3 is 2.68 bits per heavy atom. The summed E-state index contributed by atoms with van der Waals surface area (Å²) in [5, 5.41) is 0. The predicted molar refractivity (Wildman–Crippen MR) is 102 cm³/mol. The van der Waals surface area contributed by atoms with Gasteiger partial charge in [0.25, 0.3) is 0 Å². The van der Waals surface area contributed by atoms with Crippen LogP contribution in [0.2, 0.25) is 0 Å². The molecule has 1 aromatic carbocycles. The van der Waals surface area contributed by atoms with Gasteiger partial charge in [0.1, 0.15) is 0 Å². The standard InChI is InChI=1S/C21H26N4/c1-2-7-19(8-3-1)15-25-17-20-16-24(14-9-21(20)22-18-25)13-6-12-23-10-4-5-11-23/h1-3,7-8,18H,4-5,9-11,13-17H2. The summed E-state index contributed by atoms with van der Waals surface area (Å²) in [7, 11) is 0. The van der Waals surface area contributed by atoms with Gasteiger partial charge in [0.2, 0.25) is 0 Å². The van der Waals surface area contributed by atoms with Gasteiger partial charge < -0.3 is 9.80 Å². The smallest absolute Gasteiger partial charge is 0.0914 e. The Kier molecular flexibility index (Phi) is 5.03. The lowest BCUT2D eigenvalue weighted by molar-refractivity contribution is 0.300. The minimum Gasteiger partial charge on any atom is -0.354 e. The van der Waals surface area contributed by atoms with Gasteiger partial charge in [-0.15, -0.1) is 0 Å². The van der Waals surface area contributed by atoms with E-state index in [0.29, 0.717) is 0 Å². The molecule has 0 radical (unpaired) electrons. The van der Waals surface area contributed by atoms with Crippen molar-refractivity contribution in [2.75, 3.05) is 39.3 Å². The molecule has 0 spiro atoms. The minimum atomic E-state index is 0.871. The van der Waals surface area contributed by atoms with Crippen LogP contribution in [0.1, 0.15) is 24.8 Å².